The molecule has 0 radical (unpaired) electrons. The highest BCUT2D eigenvalue weighted by Crippen LogP contribution is 2.28. The quantitative estimate of drug-likeness (QED) is 0.524. The van der Waals surface area contributed by atoms with Crippen LogP contribution in [-0.4, -0.2) is 41.9 Å². The summed E-state index contributed by atoms with van der Waals surface area (Å²) in [5, 5.41) is 9.58. The molecule has 2 saturated carbocycles. The fourth-order valence-electron chi connectivity index (χ4n) is 5.16. The lowest BCUT2D eigenvalue weighted by Crippen LogP contribution is -2.36. The summed E-state index contributed by atoms with van der Waals surface area (Å²) in [6.45, 7) is 2.47. The molecule has 8 nitrogen and oxygen atoms in total. The van der Waals surface area contributed by atoms with E-state index in [1.54, 1.807) is 0 Å². The Balaban J connectivity index is 1.22. The number of aromatic nitrogens is 2. The molecule has 2 aliphatic carbocycles. The number of rotatable bonds is 8. The molecule has 1 aromatic heterocycles. The van der Waals surface area contributed by atoms with Crippen LogP contribution in [0.2, 0.25) is 0 Å². The van der Waals surface area contributed by atoms with Crippen LogP contribution in [-0.2, 0) is 16.1 Å². The summed E-state index contributed by atoms with van der Waals surface area (Å²) in [4.78, 5) is 36.2. The van der Waals surface area contributed by atoms with Gasteiger partial charge in [0.15, 0.2) is 0 Å². The molecular formula is C27H38N6O2. The van der Waals surface area contributed by atoms with Crippen LogP contribution in [0.3, 0.4) is 0 Å². The summed E-state index contributed by atoms with van der Waals surface area (Å²) < 4.78 is 0. The summed E-state index contributed by atoms with van der Waals surface area (Å²) in [7, 11) is 3.96. The Morgan fingerprint density at radius 3 is 2.43 bits per heavy atom. The molecule has 0 aliphatic heterocycles. The smallest absolute Gasteiger partial charge is 0.227 e. The van der Waals surface area contributed by atoms with E-state index in [9.17, 15) is 9.59 Å². The van der Waals surface area contributed by atoms with Crippen LogP contribution in [0.4, 0.5) is 17.5 Å². The van der Waals surface area contributed by atoms with Gasteiger partial charge in [-0.15, -0.1) is 0 Å². The van der Waals surface area contributed by atoms with Crippen molar-refractivity contribution in [1.82, 2.24) is 15.3 Å². The van der Waals surface area contributed by atoms with E-state index in [1.807, 2.05) is 56.4 Å². The van der Waals surface area contributed by atoms with Gasteiger partial charge in [0.1, 0.15) is 5.82 Å². The summed E-state index contributed by atoms with van der Waals surface area (Å²) in [6.07, 6.45) is 9.59. The molecule has 0 bridgehead atoms. The number of aryl methyl sites for hydroxylation is 1. The second kappa shape index (κ2) is 11.5. The fourth-order valence-corrected chi connectivity index (χ4v) is 5.16. The minimum Gasteiger partial charge on any atom is -0.362 e. The molecule has 0 spiro atoms. The number of benzene rings is 1. The van der Waals surface area contributed by atoms with E-state index >= 15 is 0 Å². The Morgan fingerprint density at radius 1 is 1.00 bits per heavy atom. The maximum Gasteiger partial charge on any atom is 0.227 e. The molecule has 35 heavy (non-hydrogen) atoms. The van der Waals surface area contributed by atoms with E-state index in [0.29, 0.717) is 12.5 Å². The Morgan fingerprint density at radius 2 is 1.71 bits per heavy atom. The molecule has 8 heteroatoms. The van der Waals surface area contributed by atoms with Crippen molar-refractivity contribution in [2.45, 2.75) is 70.9 Å². The molecule has 0 unspecified atom stereocenters. The third-order valence-electron chi connectivity index (χ3n) is 7.19. The van der Waals surface area contributed by atoms with Crippen molar-refractivity contribution in [2.75, 3.05) is 29.6 Å². The van der Waals surface area contributed by atoms with E-state index in [2.05, 4.69) is 25.9 Å². The molecular weight excluding hydrogens is 440 g/mol. The Kier molecular flexibility index (Phi) is 8.21. The topological polar surface area (TPSA) is 99.2 Å². The zero-order chi connectivity index (χ0) is 24.8. The average molecular weight is 479 g/mol. The number of hydrogen-bond donors (Lipinski definition) is 3. The number of nitrogens with zero attached hydrogens (tertiary/aromatic N) is 3. The number of carbonyl (C=O) groups is 2. The minimum absolute atomic E-state index is 0.0228. The summed E-state index contributed by atoms with van der Waals surface area (Å²) in [6, 6.07) is 8.05. The highest BCUT2D eigenvalue weighted by Gasteiger charge is 2.27. The largest absolute Gasteiger partial charge is 0.362 e. The number of carbonyl (C=O) groups excluding carboxylic acids is 2. The van der Waals surface area contributed by atoms with Gasteiger partial charge in [0, 0.05) is 56.0 Å². The van der Waals surface area contributed by atoms with E-state index < -0.39 is 0 Å². The lowest BCUT2D eigenvalue weighted by Gasteiger charge is -2.28. The van der Waals surface area contributed by atoms with Gasteiger partial charge in [0.05, 0.1) is 0 Å². The standard InChI is InChI=1S/C27H38N6O2/c1-18-16-29-27(32-24(18)33(2)3)31-22-13-11-21(12-14-22)25(34)28-17-19-7-6-10-23(15-19)30-26(35)20-8-4-5-9-20/h6-7,10,15-16,20-22H,4-5,8-9,11-14,17H2,1-3H3,(H,28,34)(H,30,35)(H,29,31,32). The van der Waals surface area contributed by atoms with Crippen molar-refractivity contribution < 1.29 is 9.59 Å². The molecule has 2 aromatic rings. The first-order valence-electron chi connectivity index (χ1n) is 12.8. The van der Waals surface area contributed by atoms with Gasteiger partial charge in [-0.05, 0) is 63.1 Å². The molecule has 0 atom stereocenters. The maximum absolute atomic E-state index is 12.8. The van der Waals surface area contributed by atoms with Gasteiger partial charge in [0.25, 0.3) is 0 Å². The van der Waals surface area contributed by atoms with Crippen LogP contribution in [0.5, 0.6) is 0 Å². The molecule has 2 amide bonds. The molecule has 4 rings (SSSR count). The van der Waals surface area contributed by atoms with Crippen molar-refractivity contribution >= 4 is 29.3 Å². The first-order chi connectivity index (χ1) is 16.9. The Hall–Kier alpha value is -3.16. The van der Waals surface area contributed by atoms with Crippen LogP contribution < -0.4 is 20.9 Å². The molecule has 2 fully saturated rings. The molecule has 1 aromatic carbocycles. The number of amides is 2. The lowest BCUT2D eigenvalue weighted by molar-refractivity contribution is -0.126. The predicted molar refractivity (Wildman–Crippen MR) is 139 cm³/mol. The van der Waals surface area contributed by atoms with E-state index in [-0.39, 0.29) is 29.7 Å². The van der Waals surface area contributed by atoms with Gasteiger partial charge in [-0.2, -0.15) is 4.98 Å². The third kappa shape index (κ3) is 6.71. The lowest BCUT2D eigenvalue weighted by atomic mass is 9.85. The number of nitrogens with one attached hydrogen (secondary N) is 3. The van der Waals surface area contributed by atoms with Gasteiger partial charge in [0.2, 0.25) is 17.8 Å². The first kappa shape index (κ1) is 24.9. The van der Waals surface area contributed by atoms with Gasteiger partial charge >= 0.3 is 0 Å². The van der Waals surface area contributed by atoms with Crippen LogP contribution in [0.25, 0.3) is 0 Å². The van der Waals surface area contributed by atoms with E-state index in [0.717, 1.165) is 74.0 Å². The highest BCUT2D eigenvalue weighted by atomic mass is 16.2. The van der Waals surface area contributed by atoms with Crippen LogP contribution in [0.1, 0.15) is 62.5 Å². The molecule has 0 saturated heterocycles. The molecule has 188 valence electrons. The average Bonchev–Trinajstić information content (AvgIpc) is 3.40. The van der Waals surface area contributed by atoms with Crippen molar-refractivity contribution in [3.05, 3.63) is 41.6 Å². The maximum atomic E-state index is 12.8. The van der Waals surface area contributed by atoms with Gasteiger partial charge in [-0.25, -0.2) is 4.98 Å². The zero-order valence-corrected chi connectivity index (χ0v) is 21.1. The normalized spacial score (nSPS) is 20.3. The minimum atomic E-state index is 0.0228. The van der Waals surface area contributed by atoms with E-state index in [4.69, 9.17) is 0 Å². The van der Waals surface area contributed by atoms with E-state index in [1.165, 1.54) is 0 Å². The second-order valence-corrected chi connectivity index (χ2v) is 10.2. The number of anilines is 3. The second-order valence-electron chi connectivity index (χ2n) is 10.2. The van der Waals surface area contributed by atoms with Gasteiger partial charge < -0.3 is 20.9 Å². The Bertz CT molecular complexity index is 1030. The summed E-state index contributed by atoms with van der Waals surface area (Å²) in [5.74, 6) is 1.93. The summed E-state index contributed by atoms with van der Waals surface area (Å²) in [5.41, 5.74) is 2.84. The summed E-state index contributed by atoms with van der Waals surface area (Å²) >= 11 is 0. The van der Waals surface area contributed by atoms with Gasteiger partial charge in [-0.1, -0.05) is 25.0 Å². The SMILES string of the molecule is Cc1cnc(NC2CCC(C(=O)NCc3cccc(NC(=O)C4CCCC4)c3)CC2)nc1N(C)C. The Labute approximate surface area is 208 Å². The highest BCUT2D eigenvalue weighted by molar-refractivity contribution is 5.92. The third-order valence-corrected chi connectivity index (χ3v) is 7.19. The predicted octanol–water partition coefficient (Wildman–Crippen LogP) is 4.27. The van der Waals surface area contributed by atoms with Crippen molar-refractivity contribution in [2.24, 2.45) is 11.8 Å². The van der Waals surface area contributed by atoms with Gasteiger partial charge in [-0.3, -0.25) is 9.59 Å². The first-order valence-corrected chi connectivity index (χ1v) is 12.8. The van der Waals surface area contributed by atoms with Crippen molar-refractivity contribution in [3.8, 4) is 0 Å². The molecule has 3 N–H and O–H groups in total. The molecule has 1 heterocycles. The van der Waals surface area contributed by atoms with Crippen LogP contribution in [0.15, 0.2) is 30.5 Å². The number of hydrogen-bond acceptors (Lipinski definition) is 6. The zero-order valence-electron chi connectivity index (χ0n) is 21.1. The van der Waals surface area contributed by atoms with Crippen molar-refractivity contribution in [1.29, 1.82) is 0 Å². The van der Waals surface area contributed by atoms with Crippen molar-refractivity contribution in [3.63, 3.8) is 0 Å². The molecule has 2 aliphatic rings. The fraction of sp³-hybridized carbons (Fsp3) is 0.556. The monoisotopic (exact) mass is 478 g/mol. The van der Waals surface area contributed by atoms with Crippen LogP contribution in [0, 0.1) is 18.8 Å². The van der Waals surface area contributed by atoms with Crippen LogP contribution >= 0.6 is 0 Å².